The predicted octanol–water partition coefficient (Wildman–Crippen LogP) is 4.71. The normalized spacial score (nSPS) is 10.5. The standard InChI is InChI=1S/C16H15ClO3S/c1-9(2)16(18)20-15-11-6-5-10(17)7-12(11)13(19-3)8-14(15)21-4/h5-8H,1H2,2-4H3. The van der Waals surface area contributed by atoms with Crippen LogP contribution in [0.25, 0.3) is 10.8 Å². The molecule has 0 aliphatic heterocycles. The van der Waals surface area contributed by atoms with Crippen LogP contribution >= 0.6 is 23.4 Å². The average Bonchev–Trinajstić information content (AvgIpc) is 2.46. The molecule has 2 rings (SSSR count). The highest BCUT2D eigenvalue weighted by Gasteiger charge is 2.17. The summed E-state index contributed by atoms with van der Waals surface area (Å²) in [7, 11) is 1.60. The summed E-state index contributed by atoms with van der Waals surface area (Å²) >= 11 is 7.53. The highest BCUT2D eigenvalue weighted by molar-refractivity contribution is 7.98. The molecule has 0 fully saturated rings. The third-order valence-corrected chi connectivity index (χ3v) is 3.94. The topological polar surface area (TPSA) is 35.5 Å². The second-order valence-corrected chi connectivity index (χ2v) is 5.75. The Morgan fingerprint density at radius 1 is 1.29 bits per heavy atom. The molecule has 0 aliphatic rings. The van der Waals surface area contributed by atoms with Crippen LogP contribution in [0.1, 0.15) is 6.92 Å². The lowest BCUT2D eigenvalue weighted by atomic mass is 10.1. The Balaban J connectivity index is 2.72. The molecule has 0 saturated carbocycles. The van der Waals surface area contributed by atoms with E-state index < -0.39 is 5.97 Å². The molecule has 0 bridgehead atoms. The molecule has 0 atom stereocenters. The van der Waals surface area contributed by atoms with Gasteiger partial charge in [0.15, 0.2) is 5.75 Å². The Hall–Kier alpha value is -1.65. The highest BCUT2D eigenvalue weighted by Crippen LogP contribution is 2.42. The van der Waals surface area contributed by atoms with Crippen LogP contribution in [0.15, 0.2) is 41.3 Å². The molecule has 2 aromatic rings. The Kier molecular flexibility index (Phi) is 4.80. The second-order valence-electron chi connectivity index (χ2n) is 4.47. The number of carbonyl (C=O) groups excluding carboxylic acids is 1. The van der Waals surface area contributed by atoms with Crippen molar-refractivity contribution in [1.82, 2.24) is 0 Å². The van der Waals surface area contributed by atoms with Crippen molar-refractivity contribution in [2.75, 3.05) is 13.4 Å². The molecule has 3 nitrogen and oxygen atoms in total. The van der Waals surface area contributed by atoms with Gasteiger partial charge in [-0.1, -0.05) is 18.2 Å². The summed E-state index contributed by atoms with van der Waals surface area (Å²) in [5.74, 6) is 0.738. The van der Waals surface area contributed by atoms with Gasteiger partial charge in [-0.15, -0.1) is 11.8 Å². The van der Waals surface area contributed by atoms with Gasteiger partial charge in [0.25, 0.3) is 0 Å². The maximum Gasteiger partial charge on any atom is 0.338 e. The number of hydrogen-bond acceptors (Lipinski definition) is 4. The van der Waals surface area contributed by atoms with E-state index in [1.54, 1.807) is 26.2 Å². The molecule has 0 amide bonds. The SMILES string of the molecule is C=C(C)C(=O)Oc1c(SC)cc(OC)c2cc(Cl)ccc12. The number of fused-ring (bicyclic) bond motifs is 1. The summed E-state index contributed by atoms with van der Waals surface area (Å²) in [6, 6.07) is 7.20. The van der Waals surface area contributed by atoms with E-state index in [2.05, 4.69) is 6.58 Å². The molecule has 5 heteroatoms. The van der Waals surface area contributed by atoms with Crippen LogP contribution < -0.4 is 9.47 Å². The lowest BCUT2D eigenvalue weighted by molar-refractivity contribution is -0.130. The fourth-order valence-corrected chi connectivity index (χ4v) is 2.65. The Labute approximate surface area is 132 Å². The third-order valence-electron chi connectivity index (χ3n) is 2.96. The van der Waals surface area contributed by atoms with Crippen molar-refractivity contribution in [3.05, 3.63) is 41.4 Å². The number of carbonyl (C=O) groups is 1. The minimum Gasteiger partial charge on any atom is -0.496 e. The number of rotatable bonds is 4. The van der Waals surface area contributed by atoms with Gasteiger partial charge in [-0.25, -0.2) is 4.79 Å². The van der Waals surface area contributed by atoms with E-state index in [1.165, 1.54) is 11.8 Å². The number of ether oxygens (including phenoxy) is 2. The summed E-state index contributed by atoms with van der Waals surface area (Å²) in [6.07, 6.45) is 1.91. The van der Waals surface area contributed by atoms with Crippen LogP contribution in [0.5, 0.6) is 11.5 Å². The molecule has 0 heterocycles. The second kappa shape index (κ2) is 6.41. The fraction of sp³-hybridized carbons (Fsp3) is 0.188. The van der Waals surface area contributed by atoms with Crippen LogP contribution in [0, 0.1) is 0 Å². The molecule has 21 heavy (non-hydrogen) atoms. The zero-order valence-corrected chi connectivity index (χ0v) is 13.6. The predicted molar refractivity (Wildman–Crippen MR) is 87.7 cm³/mol. The Bertz CT molecular complexity index is 725. The van der Waals surface area contributed by atoms with Crippen molar-refractivity contribution in [2.45, 2.75) is 11.8 Å². The number of thioether (sulfide) groups is 1. The van der Waals surface area contributed by atoms with Gasteiger partial charge in [-0.2, -0.15) is 0 Å². The first-order chi connectivity index (χ1) is 9.97. The van der Waals surface area contributed by atoms with E-state index in [9.17, 15) is 4.79 Å². The number of halogens is 1. The first-order valence-electron chi connectivity index (χ1n) is 6.20. The van der Waals surface area contributed by atoms with Gasteiger partial charge in [-0.05, 0) is 37.4 Å². The maximum absolute atomic E-state index is 11.9. The van der Waals surface area contributed by atoms with Crippen LogP contribution in [0.3, 0.4) is 0 Å². The minimum absolute atomic E-state index is 0.347. The molecule has 110 valence electrons. The largest absolute Gasteiger partial charge is 0.496 e. The van der Waals surface area contributed by atoms with Crippen molar-refractivity contribution in [2.24, 2.45) is 0 Å². The fourth-order valence-electron chi connectivity index (χ4n) is 1.92. The lowest BCUT2D eigenvalue weighted by Gasteiger charge is -2.15. The van der Waals surface area contributed by atoms with Crippen molar-refractivity contribution in [1.29, 1.82) is 0 Å². The van der Waals surface area contributed by atoms with Crippen LogP contribution in [-0.2, 0) is 4.79 Å². The summed E-state index contributed by atoms with van der Waals surface area (Å²) in [5, 5.41) is 2.17. The molecule has 0 N–H and O–H groups in total. The summed E-state index contributed by atoms with van der Waals surface area (Å²) in [5.41, 5.74) is 0.347. The van der Waals surface area contributed by atoms with Gasteiger partial charge in [0.2, 0.25) is 0 Å². The van der Waals surface area contributed by atoms with Gasteiger partial charge < -0.3 is 9.47 Å². The van der Waals surface area contributed by atoms with Crippen LogP contribution in [0.4, 0.5) is 0 Å². The van der Waals surface area contributed by atoms with E-state index in [4.69, 9.17) is 21.1 Å². The molecule has 0 aliphatic carbocycles. The molecule has 2 aromatic carbocycles. The smallest absolute Gasteiger partial charge is 0.338 e. The van der Waals surface area contributed by atoms with Crippen molar-refractivity contribution >= 4 is 40.1 Å². The molecule has 0 unspecified atom stereocenters. The van der Waals surface area contributed by atoms with Gasteiger partial charge >= 0.3 is 5.97 Å². The lowest BCUT2D eigenvalue weighted by Crippen LogP contribution is -2.09. The Morgan fingerprint density at radius 2 is 2.00 bits per heavy atom. The molecule has 0 aromatic heterocycles. The Morgan fingerprint density at radius 3 is 2.57 bits per heavy atom. The van der Waals surface area contributed by atoms with Gasteiger partial charge in [-0.3, -0.25) is 0 Å². The third kappa shape index (κ3) is 3.17. The van der Waals surface area contributed by atoms with Gasteiger partial charge in [0.1, 0.15) is 5.75 Å². The average molecular weight is 323 g/mol. The number of esters is 1. The minimum atomic E-state index is -0.452. The van der Waals surface area contributed by atoms with E-state index in [0.29, 0.717) is 22.1 Å². The molecule has 0 radical (unpaired) electrons. The summed E-state index contributed by atoms with van der Waals surface area (Å²) < 4.78 is 10.9. The molecular weight excluding hydrogens is 308 g/mol. The maximum atomic E-state index is 11.9. The van der Waals surface area contributed by atoms with E-state index in [1.807, 2.05) is 18.4 Å². The number of methoxy groups -OCH3 is 1. The summed E-state index contributed by atoms with van der Waals surface area (Å²) in [4.78, 5) is 12.7. The first-order valence-corrected chi connectivity index (χ1v) is 7.80. The molecular formula is C16H15ClO3S. The zero-order valence-electron chi connectivity index (χ0n) is 12.0. The summed E-state index contributed by atoms with van der Waals surface area (Å²) in [6.45, 7) is 5.22. The number of benzene rings is 2. The van der Waals surface area contributed by atoms with Crippen molar-refractivity contribution in [3.8, 4) is 11.5 Å². The van der Waals surface area contributed by atoms with Crippen LogP contribution in [-0.4, -0.2) is 19.3 Å². The number of hydrogen-bond donors (Lipinski definition) is 0. The van der Waals surface area contributed by atoms with Gasteiger partial charge in [0, 0.05) is 21.4 Å². The van der Waals surface area contributed by atoms with E-state index >= 15 is 0 Å². The van der Waals surface area contributed by atoms with Gasteiger partial charge in [0.05, 0.1) is 12.0 Å². The van der Waals surface area contributed by atoms with Crippen molar-refractivity contribution in [3.63, 3.8) is 0 Å². The van der Waals surface area contributed by atoms with E-state index in [-0.39, 0.29) is 0 Å². The zero-order chi connectivity index (χ0) is 15.6. The first kappa shape index (κ1) is 15.7. The molecule has 0 saturated heterocycles. The highest BCUT2D eigenvalue weighted by atomic mass is 35.5. The van der Waals surface area contributed by atoms with Crippen molar-refractivity contribution < 1.29 is 14.3 Å². The van der Waals surface area contributed by atoms with Crippen LogP contribution in [0.2, 0.25) is 5.02 Å². The monoisotopic (exact) mass is 322 g/mol. The van der Waals surface area contributed by atoms with E-state index in [0.717, 1.165) is 15.7 Å². The molecule has 0 spiro atoms. The quantitative estimate of drug-likeness (QED) is 0.353.